The van der Waals surface area contributed by atoms with Crippen molar-refractivity contribution < 1.29 is 24.0 Å². The minimum atomic E-state index is -0.806. The predicted molar refractivity (Wildman–Crippen MR) is 143 cm³/mol. The Hall–Kier alpha value is -5.05. The maximum Gasteiger partial charge on any atom is 0.335 e. The number of amides is 4. The molecule has 0 unspecified atom stereocenters. The van der Waals surface area contributed by atoms with Crippen LogP contribution in [0.5, 0.6) is 5.75 Å². The van der Waals surface area contributed by atoms with Gasteiger partial charge in [-0.25, -0.2) is 9.69 Å². The highest BCUT2D eigenvalue weighted by molar-refractivity contribution is 6.39. The molecule has 4 amide bonds. The molecule has 192 valence electrons. The molecule has 1 N–H and O–H groups in total. The number of allylic oxidation sites excluding steroid dienone is 1. The Morgan fingerprint density at radius 2 is 1.76 bits per heavy atom. The molecule has 9 heteroatoms. The Labute approximate surface area is 219 Å². The number of imide groups is 2. The van der Waals surface area contributed by atoms with Gasteiger partial charge in [-0.2, -0.15) is 0 Å². The predicted octanol–water partition coefficient (Wildman–Crippen LogP) is 5.19. The highest BCUT2D eigenvalue weighted by atomic mass is 16.6. The lowest BCUT2D eigenvalue weighted by atomic mass is 10.0. The number of aryl methyl sites for hydroxylation is 2. The maximum atomic E-state index is 13.3. The van der Waals surface area contributed by atoms with E-state index in [1.54, 1.807) is 48.5 Å². The molecule has 1 heterocycles. The second-order valence-corrected chi connectivity index (χ2v) is 8.88. The number of anilines is 1. The van der Waals surface area contributed by atoms with Crippen molar-refractivity contribution in [1.29, 1.82) is 0 Å². The number of nitro groups is 1. The third-order valence-corrected chi connectivity index (χ3v) is 5.84. The van der Waals surface area contributed by atoms with Gasteiger partial charge in [0.05, 0.1) is 10.6 Å². The highest BCUT2D eigenvalue weighted by Crippen LogP contribution is 2.27. The number of nitrogens with one attached hydrogen (secondary N) is 1. The summed E-state index contributed by atoms with van der Waals surface area (Å²) in [6.45, 7) is 7.60. The van der Waals surface area contributed by atoms with Gasteiger partial charge in [0, 0.05) is 12.1 Å². The molecular weight excluding hydrogens is 486 g/mol. The van der Waals surface area contributed by atoms with Gasteiger partial charge >= 0.3 is 6.03 Å². The van der Waals surface area contributed by atoms with Gasteiger partial charge in [0.15, 0.2) is 0 Å². The number of hydrogen-bond donors (Lipinski definition) is 1. The molecule has 1 aliphatic heterocycles. The zero-order valence-corrected chi connectivity index (χ0v) is 20.9. The first-order valence-electron chi connectivity index (χ1n) is 11.8. The summed E-state index contributed by atoms with van der Waals surface area (Å²) in [4.78, 5) is 50.0. The quantitative estimate of drug-likeness (QED) is 0.146. The van der Waals surface area contributed by atoms with Crippen LogP contribution in [0, 0.1) is 24.0 Å². The van der Waals surface area contributed by atoms with E-state index in [2.05, 4.69) is 11.9 Å². The molecule has 9 nitrogen and oxygen atoms in total. The van der Waals surface area contributed by atoms with Crippen LogP contribution in [-0.4, -0.2) is 22.8 Å². The fourth-order valence-electron chi connectivity index (χ4n) is 4.20. The van der Waals surface area contributed by atoms with Crippen LogP contribution in [0.15, 0.2) is 78.9 Å². The van der Waals surface area contributed by atoms with Crippen LogP contribution < -0.4 is 15.0 Å². The SMILES string of the molecule is C=CCc1cc(/C=C2\C(=O)NC(=O)N(c3cc(C)cc(C)c3)C2=O)ccc1OCc1cccc([N+](=O)[O-])c1. The molecule has 38 heavy (non-hydrogen) atoms. The summed E-state index contributed by atoms with van der Waals surface area (Å²) in [6, 6.07) is 15.8. The molecule has 0 aliphatic carbocycles. The number of benzene rings is 3. The van der Waals surface area contributed by atoms with Gasteiger partial charge < -0.3 is 4.74 Å². The van der Waals surface area contributed by atoms with Crippen molar-refractivity contribution in [3.8, 4) is 5.75 Å². The zero-order chi connectivity index (χ0) is 27.4. The number of urea groups is 1. The van der Waals surface area contributed by atoms with Crippen LogP contribution >= 0.6 is 0 Å². The highest BCUT2D eigenvalue weighted by Gasteiger charge is 2.37. The molecule has 3 aromatic rings. The van der Waals surface area contributed by atoms with Crippen molar-refractivity contribution in [1.82, 2.24) is 5.32 Å². The van der Waals surface area contributed by atoms with Crippen molar-refractivity contribution in [2.45, 2.75) is 26.9 Å². The molecule has 4 rings (SSSR count). The first-order valence-corrected chi connectivity index (χ1v) is 11.8. The number of non-ortho nitro benzene ring substituents is 1. The van der Waals surface area contributed by atoms with Crippen LogP contribution in [0.2, 0.25) is 0 Å². The van der Waals surface area contributed by atoms with Crippen molar-refractivity contribution in [2.24, 2.45) is 0 Å². The van der Waals surface area contributed by atoms with Crippen molar-refractivity contribution >= 4 is 35.3 Å². The molecule has 0 bridgehead atoms. The number of nitro benzene ring substituents is 1. The third-order valence-electron chi connectivity index (χ3n) is 5.84. The van der Waals surface area contributed by atoms with E-state index in [4.69, 9.17) is 4.74 Å². The fraction of sp³-hybridized carbons (Fsp3) is 0.138. The fourth-order valence-corrected chi connectivity index (χ4v) is 4.20. The van der Waals surface area contributed by atoms with Crippen molar-refractivity contribution in [3.63, 3.8) is 0 Å². The van der Waals surface area contributed by atoms with Crippen LogP contribution in [0.25, 0.3) is 6.08 Å². The molecular formula is C29H25N3O6. The molecule has 0 spiro atoms. The number of rotatable bonds is 8. The summed E-state index contributed by atoms with van der Waals surface area (Å²) in [5.74, 6) is -0.970. The standard InChI is InChI=1S/C29H25N3O6/c1-4-6-22-14-20(9-10-26(22)38-17-21-7-5-8-23(15-21)32(36)37)16-25-27(33)30-29(35)31(28(25)34)24-12-18(2)11-19(3)13-24/h4-5,7-16H,1,6,17H2,2-3H3,(H,30,33,35)/b25-16+. The average molecular weight is 512 g/mol. The molecule has 0 atom stereocenters. The van der Waals surface area contributed by atoms with Crippen LogP contribution in [0.1, 0.15) is 27.8 Å². The van der Waals surface area contributed by atoms with Crippen molar-refractivity contribution in [3.05, 3.63) is 117 Å². The monoisotopic (exact) mass is 511 g/mol. The summed E-state index contributed by atoms with van der Waals surface area (Å²) in [7, 11) is 0. The maximum absolute atomic E-state index is 13.3. The molecule has 1 aliphatic rings. The summed E-state index contributed by atoms with van der Waals surface area (Å²) in [6.07, 6.45) is 3.55. The van der Waals surface area contributed by atoms with E-state index >= 15 is 0 Å². The lowest BCUT2D eigenvalue weighted by Crippen LogP contribution is -2.54. The lowest BCUT2D eigenvalue weighted by Gasteiger charge is -2.27. The number of carbonyl (C=O) groups is 3. The first-order chi connectivity index (χ1) is 18.2. The van der Waals surface area contributed by atoms with Gasteiger partial charge in [-0.15, -0.1) is 6.58 Å². The minimum Gasteiger partial charge on any atom is -0.489 e. The van der Waals surface area contributed by atoms with Gasteiger partial charge in [-0.1, -0.05) is 30.3 Å². The molecule has 0 radical (unpaired) electrons. The Morgan fingerprint density at radius 3 is 2.45 bits per heavy atom. The largest absolute Gasteiger partial charge is 0.489 e. The van der Waals surface area contributed by atoms with Gasteiger partial charge in [0.2, 0.25) is 0 Å². The van der Waals surface area contributed by atoms with Gasteiger partial charge in [0.25, 0.3) is 17.5 Å². The number of carbonyl (C=O) groups excluding carboxylic acids is 3. The molecule has 1 fully saturated rings. The number of nitrogens with zero attached hydrogens (tertiary/aromatic N) is 2. The third kappa shape index (κ3) is 5.67. The van der Waals surface area contributed by atoms with Gasteiger partial charge in [-0.05, 0) is 78.4 Å². The first kappa shape index (κ1) is 26.0. The van der Waals surface area contributed by atoms with Crippen LogP contribution in [-0.2, 0) is 22.6 Å². The molecule has 0 saturated carbocycles. The van der Waals surface area contributed by atoms with Crippen LogP contribution in [0.3, 0.4) is 0 Å². The second-order valence-electron chi connectivity index (χ2n) is 8.88. The zero-order valence-electron chi connectivity index (χ0n) is 20.9. The summed E-state index contributed by atoms with van der Waals surface area (Å²) in [5, 5.41) is 13.3. The minimum absolute atomic E-state index is 0.0248. The number of hydrogen-bond acceptors (Lipinski definition) is 6. The Morgan fingerprint density at radius 1 is 1.03 bits per heavy atom. The normalized spacial score (nSPS) is 14.4. The second kappa shape index (κ2) is 10.9. The summed E-state index contributed by atoms with van der Waals surface area (Å²) >= 11 is 0. The summed E-state index contributed by atoms with van der Waals surface area (Å²) in [5.41, 5.74) is 3.84. The van der Waals surface area contributed by atoms with E-state index in [1.165, 1.54) is 18.2 Å². The van der Waals surface area contributed by atoms with E-state index in [9.17, 15) is 24.5 Å². The lowest BCUT2D eigenvalue weighted by molar-refractivity contribution is -0.384. The number of barbiturate groups is 1. The Bertz CT molecular complexity index is 1490. The topological polar surface area (TPSA) is 119 Å². The van der Waals surface area contributed by atoms with E-state index in [1.807, 2.05) is 19.9 Å². The smallest absolute Gasteiger partial charge is 0.335 e. The Kier molecular flexibility index (Phi) is 7.48. The molecule has 3 aromatic carbocycles. The summed E-state index contributed by atoms with van der Waals surface area (Å²) < 4.78 is 5.92. The average Bonchev–Trinajstić information content (AvgIpc) is 2.85. The van der Waals surface area contributed by atoms with E-state index in [0.717, 1.165) is 21.6 Å². The number of ether oxygens (including phenoxy) is 1. The molecule has 1 saturated heterocycles. The van der Waals surface area contributed by atoms with E-state index in [-0.39, 0.29) is 17.9 Å². The van der Waals surface area contributed by atoms with E-state index < -0.39 is 22.8 Å². The van der Waals surface area contributed by atoms with Gasteiger partial charge in [-0.3, -0.25) is 25.0 Å². The van der Waals surface area contributed by atoms with E-state index in [0.29, 0.717) is 29.0 Å². The van der Waals surface area contributed by atoms with Crippen molar-refractivity contribution in [2.75, 3.05) is 4.90 Å². The molecule has 0 aromatic heterocycles. The Balaban J connectivity index is 1.62. The van der Waals surface area contributed by atoms with Gasteiger partial charge in [0.1, 0.15) is 17.9 Å². The van der Waals surface area contributed by atoms with Crippen LogP contribution in [0.4, 0.5) is 16.2 Å².